The summed E-state index contributed by atoms with van der Waals surface area (Å²) in [6.45, 7) is 1.63. The molecule has 1 fully saturated rings. The molecule has 6 heteroatoms. The summed E-state index contributed by atoms with van der Waals surface area (Å²) < 4.78 is 5.38. The Labute approximate surface area is 151 Å². The molecule has 0 N–H and O–H groups in total. The molecule has 0 radical (unpaired) electrons. The van der Waals surface area contributed by atoms with Crippen LogP contribution in [0.4, 0.5) is 4.79 Å². The highest BCUT2D eigenvalue weighted by Gasteiger charge is 2.25. The number of rotatable bonds is 3. The molecule has 0 aliphatic carbocycles. The summed E-state index contributed by atoms with van der Waals surface area (Å²) in [7, 11) is 0. The third-order valence-electron chi connectivity index (χ3n) is 4.21. The number of amides is 1. The fraction of sp³-hybridized carbons (Fsp3) is 0.333. The maximum absolute atomic E-state index is 12.2. The van der Waals surface area contributed by atoms with Crippen LogP contribution in [0.5, 0.6) is 0 Å². The topological polar surface area (TPSA) is 42.4 Å². The zero-order chi connectivity index (χ0) is 16.9. The Morgan fingerprint density at radius 1 is 1.12 bits per heavy atom. The molecule has 126 valence electrons. The van der Waals surface area contributed by atoms with Crippen molar-refractivity contribution in [3.63, 3.8) is 0 Å². The van der Waals surface area contributed by atoms with Crippen LogP contribution in [0, 0.1) is 0 Å². The molecular formula is C18H18Cl2N2O2. The summed E-state index contributed by atoms with van der Waals surface area (Å²) >= 11 is 11.9. The SMILES string of the molecule is O=C(OCc1ccccc1)N1CCC(c2cc(Cl)nc(Cl)c2)CC1. The Bertz CT molecular complexity index is 681. The van der Waals surface area contributed by atoms with Crippen LogP contribution >= 0.6 is 23.2 Å². The number of hydrogen-bond donors (Lipinski definition) is 0. The summed E-state index contributed by atoms with van der Waals surface area (Å²) in [6, 6.07) is 13.4. The number of aromatic nitrogens is 1. The maximum atomic E-state index is 12.2. The van der Waals surface area contributed by atoms with E-state index in [1.54, 1.807) is 4.90 Å². The molecule has 1 aliphatic heterocycles. The van der Waals surface area contributed by atoms with Gasteiger partial charge >= 0.3 is 6.09 Å². The average molecular weight is 365 g/mol. The van der Waals surface area contributed by atoms with Crippen molar-refractivity contribution in [2.45, 2.75) is 25.4 Å². The highest BCUT2D eigenvalue weighted by Crippen LogP contribution is 2.30. The van der Waals surface area contributed by atoms with Crippen LogP contribution in [0.25, 0.3) is 0 Å². The molecule has 1 aromatic carbocycles. The summed E-state index contributed by atoms with van der Waals surface area (Å²) in [5, 5.41) is 0.810. The van der Waals surface area contributed by atoms with Gasteiger partial charge in [-0.15, -0.1) is 0 Å². The van der Waals surface area contributed by atoms with Gasteiger partial charge in [0, 0.05) is 13.1 Å². The van der Waals surface area contributed by atoms with Crippen molar-refractivity contribution in [3.05, 3.63) is 63.9 Å². The molecule has 0 atom stereocenters. The van der Waals surface area contributed by atoms with E-state index in [0.29, 0.717) is 35.9 Å². The average Bonchev–Trinajstić information content (AvgIpc) is 2.60. The van der Waals surface area contributed by atoms with Crippen molar-refractivity contribution < 1.29 is 9.53 Å². The van der Waals surface area contributed by atoms with Crippen molar-refractivity contribution in [3.8, 4) is 0 Å². The Kier molecular flexibility index (Phi) is 5.59. The second-order valence-electron chi connectivity index (χ2n) is 5.85. The number of carbonyl (C=O) groups excluding carboxylic acids is 1. The van der Waals surface area contributed by atoms with Crippen molar-refractivity contribution in [2.24, 2.45) is 0 Å². The van der Waals surface area contributed by atoms with Crippen LogP contribution in [-0.4, -0.2) is 29.1 Å². The Balaban J connectivity index is 1.52. The van der Waals surface area contributed by atoms with Gasteiger partial charge in [-0.3, -0.25) is 0 Å². The van der Waals surface area contributed by atoms with E-state index < -0.39 is 0 Å². The molecule has 1 amide bonds. The second-order valence-corrected chi connectivity index (χ2v) is 6.62. The van der Waals surface area contributed by atoms with Gasteiger partial charge in [-0.2, -0.15) is 0 Å². The lowest BCUT2D eigenvalue weighted by atomic mass is 9.90. The molecule has 2 aromatic rings. The molecule has 0 unspecified atom stereocenters. The van der Waals surface area contributed by atoms with E-state index in [2.05, 4.69) is 4.98 Å². The third-order valence-corrected chi connectivity index (χ3v) is 4.60. The molecule has 24 heavy (non-hydrogen) atoms. The van der Waals surface area contributed by atoms with Crippen LogP contribution in [-0.2, 0) is 11.3 Å². The van der Waals surface area contributed by atoms with Crippen molar-refractivity contribution in [1.29, 1.82) is 0 Å². The minimum Gasteiger partial charge on any atom is -0.445 e. The van der Waals surface area contributed by atoms with Gasteiger partial charge < -0.3 is 9.64 Å². The standard InChI is InChI=1S/C18H18Cl2N2O2/c19-16-10-15(11-17(20)21-16)14-6-8-22(9-7-14)18(23)24-12-13-4-2-1-3-5-13/h1-5,10-11,14H,6-9,12H2. The zero-order valence-electron chi connectivity index (χ0n) is 13.1. The highest BCUT2D eigenvalue weighted by atomic mass is 35.5. The fourth-order valence-corrected chi connectivity index (χ4v) is 3.40. The first-order chi connectivity index (χ1) is 11.6. The van der Waals surface area contributed by atoms with E-state index in [0.717, 1.165) is 24.0 Å². The van der Waals surface area contributed by atoms with Crippen LogP contribution < -0.4 is 0 Å². The Morgan fingerprint density at radius 3 is 2.38 bits per heavy atom. The lowest BCUT2D eigenvalue weighted by Gasteiger charge is -2.31. The van der Waals surface area contributed by atoms with Gasteiger partial charge in [-0.25, -0.2) is 9.78 Å². The van der Waals surface area contributed by atoms with Gasteiger partial charge in [-0.05, 0) is 42.0 Å². The number of piperidine rings is 1. The number of pyridine rings is 1. The van der Waals surface area contributed by atoms with E-state index >= 15 is 0 Å². The maximum Gasteiger partial charge on any atom is 0.410 e. The molecule has 0 saturated carbocycles. The third kappa shape index (κ3) is 4.40. The lowest BCUT2D eigenvalue weighted by molar-refractivity contribution is 0.0870. The minimum absolute atomic E-state index is 0.261. The molecule has 0 bridgehead atoms. The van der Waals surface area contributed by atoms with E-state index in [1.807, 2.05) is 42.5 Å². The zero-order valence-corrected chi connectivity index (χ0v) is 14.6. The van der Waals surface area contributed by atoms with Crippen LogP contribution in [0.1, 0.15) is 29.9 Å². The Hall–Kier alpha value is -1.78. The molecule has 3 rings (SSSR count). The number of likely N-dealkylation sites (tertiary alicyclic amines) is 1. The number of carbonyl (C=O) groups is 1. The molecule has 1 aromatic heterocycles. The van der Waals surface area contributed by atoms with Gasteiger partial charge in [0.2, 0.25) is 0 Å². The Morgan fingerprint density at radius 2 is 1.75 bits per heavy atom. The quantitative estimate of drug-likeness (QED) is 0.727. The van der Waals surface area contributed by atoms with E-state index in [1.165, 1.54) is 0 Å². The highest BCUT2D eigenvalue weighted by molar-refractivity contribution is 6.32. The largest absolute Gasteiger partial charge is 0.445 e. The predicted octanol–water partition coefficient (Wildman–Crippen LogP) is 4.90. The molecule has 1 aliphatic rings. The number of nitrogens with zero attached hydrogens (tertiary/aromatic N) is 2. The number of ether oxygens (including phenoxy) is 1. The van der Waals surface area contributed by atoms with Crippen molar-refractivity contribution >= 4 is 29.3 Å². The molecule has 2 heterocycles. The monoisotopic (exact) mass is 364 g/mol. The molecule has 0 spiro atoms. The lowest BCUT2D eigenvalue weighted by Crippen LogP contribution is -2.38. The van der Waals surface area contributed by atoms with Gasteiger partial charge in [-0.1, -0.05) is 53.5 Å². The van der Waals surface area contributed by atoms with Crippen LogP contribution in [0.15, 0.2) is 42.5 Å². The second kappa shape index (κ2) is 7.86. The number of hydrogen-bond acceptors (Lipinski definition) is 3. The normalized spacial score (nSPS) is 15.3. The first-order valence-corrected chi connectivity index (χ1v) is 8.66. The fourth-order valence-electron chi connectivity index (χ4n) is 2.93. The smallest absolute Gasteiger partial charge is 0.410 e. The predicted molar refractivity (Wildman–Crippen MR) is 94.4 cm³/mol. The number of benzene rings is 1. The van der Waals surface area contributed by atoms with Crippen LogP contribution in [0.3, 0.4) is 0 Å². The van der Waals surface area contributed by atoms with Crippen molar-refractivity contribution in [2.75, 3.05) is 13.1 Å². The summed E-state index contributed by atoms with van der Waals surface area (Å²) in [4.78, 5) is 17.9. The van der Waals surface area contributed by atoms with Crippen LogP contribution in [0.2, 0.25) is 10.3 Å². The molecule has 1 saturated heterocycles. The van der Waals surface area contributed by atoms with Crippen molar-refractivity contribution in [1.82, 2.24) is 9.88 Å². The molecular weight excluding hydrogens is 347 g/mol. The van der Waals surface area contributed by atoms with Gasteiger partial charge in [0.15, 0.2) is 0 Å². The molecule has 4 nitrogen and oxygen atoms in total. The van der Waals surface area contributed by atoms with E-state index in [4.69, 9.17) is 27.9 Å². The van der Waals surface area contributed by atoms with Gasteiger partial charge in [0.05, 0.1) is 0 Å². The van der Waals surface area contributed by atoms with E-state index in [-0.39, 0.29) is 6.09 Å². The first-order valence-electron chi connectivity index (χ1n) is 7.90. The van der Waals surface area contributed by atoms with Gasteiger partial charge in [0.1, 0.15) is 16.9 Å². The first kappa shape index (κ1) is 17.1. The number of halogens is 2. The summed E-state index contributed by atoms with van der Waals surface area (Å²) in [5.41, 5.74) is 2.07. The summed E-state index contributed by atoms with van der Waals surface area (Å²) in [5.74, 6) is 0.334. The van der Waals surface area contributed by atoms with E-state index in [9.17, 15) is 4.79 Å². The summed E-state index contributed by atoms with van der Waals surface area (Å²) in [6.07, 6.45) is 1.46. The minimum atomic E-state index is -0.261. The van der Waals surface area contributed by atoms with Gasteiger partial charge in [0.25, 0.3) is 0 Å².